The number of hydrogen-bond acceptors (Lipinski definition) is 8. The van der Waals surface area contributed by atoms with E-state index in [4.69, 9.17) is 26.2 Å². The Bertz CT molecular complexity index is 1050. The average Bonchev–Trinajstić information content (AvgIpc) is 3.43. The number of thioether (sulfide) groups is 1. The molecule has 10 heteroatoms. The van der Waals surface area contributed by atoms with Crippen LogP contribution in [0.4, 0.5) is 5.82 Å². The quantitative estimate of drug-likeness (QED) is 0.358. The summed E-state index contributed by atoms with van der Waals surface area (Å²) in [6.45, 7) is 2.51. The molecule has 1 saturated heterocycles. The summed E-state index contributed by atoms with van der Waals surface area (Å²) in [6, 6.07) is 7.23. The summed E-state index contributed by atoms with van der Waals surface area (Å²) in [7, 11) is 0. The first-order valence-corrected chi connectivity index (χ1v) is 11.1. The zero-order valence-corrected chi connectivity index (χ0v) is 18.5. The Morgan fingerprint density at radius 1 is 1.26 bits per heavy atom. The summed E-state index contributed by atoms with van der Waals surface area (Å²) in [5.41, 5.74) is 0.859. The Balaban J connectivity index is 1.22. The molecule has 0 atom stereocenters. The first-order valence-electron chi connectivity index (χ1n) is 9.88. The van der Waals surface area contributed by atoms with Crippen LogP contribution < -0.4 is 14.8 Å². The van der Waals surface area contributed by atoms with Crippen LogP contribution in [0.2, 0.25) is 0 Å². The predicted octanol–water partition coefficient (Wildman–Crippen LogP) is 4.11. The van der Waals surface area contributed by atoms with E-state index < -0.39 is 0 Å². The molecule has 4 rings (SSSR count). The van der Waals surface area contributed by atoms with Crippen LogP contribution in [0.3, 0.4) is 0 Å². The lowest BCUT2D eigenvalue weighted by atomic mass is 10.1. The Labute approximate surface area is 188 Å². The Kier molecular flexibility index (Phi) is 6.57. The highest BCUT2D eigenvalue weighted by atomic mass is 32.2. The normalized spacial score (nSPS) is 16.4. The molecule has 162 valence electrons. The van der Waals surface area contributed by atoms with Crippen molar-refractivity contribution in [2.45, 2.75) is 32.6 Å². The molecule has 1 aromatic carbocycles. The van der Waals surface area contributed by atoms with Crippen LogP contribution in [0, 0.1) is 6.92 Å². The molecular weight excluding hydrogens is 438 g/mol. The van der Waals surface area contributed by atoms with Crippen molar-refractivity contribution in [1.29, 1.82) is 0 Å². The number of unbranched alkanes of at least 4 members (excludes halogenated alkanes) is 2. The maximum atomic E-state index is 12.7. The first kappa shape index (κ1) is 21.4. The number of benzene rings is 1. The van der Waals surface area contributed by atoms with Crippen LogP contribution in [-0.4, -0.2) is 39.5 Å². The summed E-state index contributed by atoms with van der Waals surface area (Å²) < 4.78 is 16.2. The van der Waals surface area contributed by atoms with Crippen molar-refractivity contribution in [3.8, 4) is 11.5 Å². The number of carbonyl (C=O) groups is 2. The molecule has 0 spiro atoms. The van der Waals surface area contributed by atoms with Gasteiger partial charge in [-0.2, -0.15) is 0 Å². The molecule has 1 aromatic heterocycles. The van der Waals surface area contributed by atoms with Gasteiger partial charge in [-0.1, -0.05) is 41.6 Å². The third-order valence-electron chi connectivity index (χ3n) is 4.75. The highest BCUT2D eigenvalue weighted by Gasteiger charge is 2.31. The summed E-state index contributed by atoms with van der Waals surface area (Å²) in [6.07, 6.45) is 4.49. The van der Waals surface area contributed by atoms with Crippen molar-refractivity contribution < 1.29 is 23.6 Å². The summed E-state index contributed by atoms with van der Waals surface area (Å²) in [5.74, 6) is 2.25. The molecule has 0 aliphatic carbocycles. The second kappa shape index (κ2) is 9.52. The largest absolute Gasteiger partial charge is 0.454 e. The molecule has 8 nitrogen and oxygen atoms in total. The van der Waals surface area contributed by atoms with Gasteiger partial charge in [-0.3, -0.25) is 14.5 Å². The number of ether oxygens (including phenoxy) is 2. The van der Waals surface area contributed by atoms with E-state index in [0.717, 1.165) is 18.4 Å². The zero-order chi connectivity index (χ0) is 21.8. The predicted molar refractivity (Wildman–Crippen MR) is 121 cm³/mol. The van der Waals surface area contributed by atoms with Gasteiger partial charge in [-0.25, -0.2) is 0 Å². The fraction of sp³-hybridized carbons (Fsp3) is 0.333. The van der Waals surface area contributed by atoms with E-state index >= 15 is 0 Å². The van der Waals surface area contributed by atoms with Gasteiger partial charge in [0.1, 0.15) is 10.1 Å². The van der Waals surface area contributed by atoms with Gasteiger partial charge in [0.05, 0.1) is 4.91 Å². The smallest absolute Gasteiger partial charge is 0.266 e. The minimum Gasteiger partial charge on any atom is -0.454 e. The number of amides is 2. The summed E-state index contributed by atoms with van der Waals surface area (Å²) >= 11 is 6.69. The van der Waals surface area contributed by atoms with Gasteiger partial charge in [-0.15, -0.1) is 0 Å². The van der Waals surface area contributed by atoms with Crippen LogP contribution in [0.5, 0.6) is 11.5 Å². The van der Waals surface area contributed by atoms with Crippen LogP contribution in [0.25, 0.3) is 6.08 Å². The number of nitrogens with one attached hydrogen (secondary N) is 1. The molecule has 2 amide bonds. The van der Waals surface area contributed by atoms with Crippen molar-refractivity contribution in [2.75, 3.05) is 18.7 Å². The number of nitrogens with zero attached hydrogens (tertiary/aromatic N) is 2. The monoisotopic (exact) mass is 459 g/mol. The van der Waals surface area contributed by atoms with E-state index in [1.807, 2.05) is 24.3 Å². The maximum Gasteiger partial charge on any atom is 0.266 e. The van der Waals surface area contributed by atoms with Crippen molar-refractivity contribution >= 4 is 52.0 Å². The highest BCUT2D eigenvalue weighted by Crippen LogP contribution is 2.36. The van der Waals surface area contributed by atoms with Gasteiger partial charge in [0.2, 0.25) is 12.7 Å². The number of fused-ring (bicyclic) bond motifs is 1. The number of thiocarbonyl (C=S) groups is 1. The van der Waals surface area contributed by atoms with Gasteiger partial charge >= 0.3 is 0 Å². The zero-order valence-electron chi connectivity index (χ0n) is 16.9. The standard InChI is InChI=1S/C21H21N3O5S2/c1-13-9-18(23-29-13)22-19(25)5-3-2-4-8-24-20(26)17(31-21(24)30)11-14-6-7-15-16(10-14)28-12-27-15/h6-7,9-11H,2-5,8,12H2,1H3,(H,22,23,25). The summed E-state index contributed by atoms with van der Waals surface area (Å²) in [4.78, 5) is 26.9. The van der Waals surface area contributed by atoms with Gasteiger partial charge in [0.25, 0.3) is 5.91 Å². The summed E-state index contributed by atoms with van der Waals surface area (Å²) in [5, 5.41) is 6.43. The SMILES string of the molecule is Cc1cc(NC(=O)CCCCCN2C(=O)C(=Cc3ccc4c(c3)OCO4)SC2=S)no1. The van der Waals surface area contributed by atoms with Crippen molar-refractivity contribution in [3.05, 3.63) is 40.5 Å². The molecule has 2 aromatic rings. The fourth-order valence-corrected chi connectivity index (χ4v) is 4.52. The van der Waals surface area contributed by atoms with Crippen molar-refractivity contribution in [3.63, 3.8) is 0 Å². The number of anilines is 1. The highest BCUT2D eigenvalue weighted by molar-refractivity contribution is 8.26. The molecular formula is C21H21N3O5S2. The molecule has 0 radical (unpaired) electrons. The number of rotatable bonds is 8. The lowest BCUT2D eigenvalue weighted by Gasteiger charge is -2.14. The van der Waals surface area contributed by atoms with Crippen LogP contribution in [-0.2, 0) is 9.59 Å². The van der Waals surface area contributed by atoms with Crippen LogP contribution >= 0.6 is 24.0 Å². The van der Waals surface area contributed by atoms with E-state index in [2.05, 4.69) is 10.5 Å². The molecule has 1 N–H and O–H groups in total. The molecule has 1 fully saturated rings. The van der Waals surface area contributed by atoms with E-state index in [1.54, 1.807) is 17.9 Å². The van der Waals surface area contributed by atoms with Crippen molar-refractivity contribution in [1.82, 2.24) is 10.1 Å². The number of carbonyl (C=O) groups excluding carboxylic acids is 2. The van der Waals surface area contributed by atoms with E-state index in [0.29, 0.717) is 51.7 Å². The molecule has 2 aliphatic rings. The topological polar surface area (TPSA) is 93.9 Å². The maximum absolute atomic E-state index is 12.7. The Morgan fingerprint density at radius 3 is 2.90 bits per heavy atom. The Morgan fingerprint density at radius 2 is 2.10 bits per heavy atom. The fourth-order valence-electron chi connectivity index (χ4n) is 3.21. The lowest BCUT2D eigenvalue weighted by molar-refractivity contribution is -0.122. The third kappa shape index (κ3) is 5.26. The molecule has 0 unspecified atom stereocenters. The number of aromatic nitrogens is 1. The Hall–Kier alpha value is -2.85. The lowest BCUT2D eigenvalue weighted by Crippen LogP contribution is -2.29. The van der Waals surface area contributed by atoms with E-state index in [9.17, 15) is 9.59 Å². The van der Waals surface area contributed by atoms with Gasteiger partial charge < -0.3 is 19.3 Å². The van der Waals surface area contributed by atoms with Crippen LogP contribution in [0.15, 0.2) is 33.7 Å². The molecule has 0 saturated carbocycles. The molecule has 3 heterocycles. The second-order valence-corrected chi connectivity index (χ2v) is 8.80. The van der Waals surface area contributed by atoms with Gasteiger partial charge in [0, 0.05) is 19.0 Å². The molecule has 0 bridgehead atoms. The van der Waals surface area contributed by atoms with Crippen molar-refractivity contribution in [2.24, 2.45) is 0 Å². The molecule has 2 aliphatic heterocycles. The number of aryl methyl sites for hydroxylation is 1. The minimum absolute atomic E-state index is 0.0909. The van der Waals surface area contributed by atoms with Crippen LogP contribution in [0.1, 0.15) is 37.0 Å². The van der Waals surface area contributed by atoms with Gasteiger partial charge in [0.15, 0.2) is 17.3 Å². The van der Waals surface area contributed by atoms with E-state index in [1.165, 1.54) is 11.8 Å². The minimum atomic E-state index is -0.106. The van der Waals surface area contributed by atoms with E-state index in [-0.39, 0.29) is 18.6 Å². The van der Waals surface area contributed by atoms with Gasteiger partial charge in [-0.05, 0) is 43.5 Å². The molecule has 31 heavy (non-hydrogen) atoms. The second-order valence-electron chi connectivity index (χ2n) is 7.13. The third-order valence-corrected chi connectivity index (χ3v) is 6.13. The first-order chi connectivity index (χ1) is 15.0. The average molecular weight is 460 g/mol. The number of hydrogen-bond donors (Lipinski definition) is 1.